The van der Waals surface area contributed by atoms with Crippen molar-refractivity contribution in [1.29, 1.82) is 0 Å². The van der Waals surface area contributed by atoms with E-state index in [0.29, 0.717) is 12.8 Å². The van der Waals surface area contributed by atoms with Crippen LogP contribution in [0.2, 0.25) is 0 Å². The first-order chi connectivity index (χ1) is 16.7. The van der Waals surface area contributed by atoms with Crippen molar-refractivity contribution in [2.75, 3.05) is 13.2 Å². The van der Waals surface area contributed by atoms with Gasteiger partial charge in [-0.15, -0.1) is 0 Å². The van der Waals surface area contributed by atoms with Crippen molar-refractivity contribution in [3.8, 4) is 0 Å². The lowest BCUT2D eigenvalue weighted by Crippen LogP contribution is -2.27. The summed E-state index contributed by atoms with van der Waals surface area (Å²) >= 11 is 0. The van der Waals surface area contributed by atoms with Crippen molar-refractivity contribution in [3.05, 3.63) is 0 Å². The lowest BCUT2D eigenvalue weighted by molar-refractivity contribution is -0.0336. The van der Waals surface area contributed by atoms with Gasteiger partial charge in [0, 0.05) is 0 Å². The predicted molar refractivity (Wildman–Crippen MR) is 142 cm³/mol. The third-order valence-electron chi connectivity index (χ3n) is 6.69. The van der Waals surface area contributed by atoms with E-state index >= 15 is 0 Å². The molecule has 0 aliphatic carbocycles. The van der Waals surface area contributed by atoms with Crippen molar-refractivity contribution in [2.24, 2.45) is 0 Å². The first-order valence-electron chi connectivity index (χ1n) is 14.8. The van der Waals surface area contributed by atoms with Crippen LogP contribution in [-0.2, 0) is 9.47 Å². The van der Waals surface area contributed by atoms with E-state index in [0.717, 1.165) is 25.7 Å². The van der Waals surface area contributed by atoms with Gasteiger partial charge >= 0.3 is 6.16 Å². The van der Waals surface area contributed by atoms with E-state index in [1.54, 1.807) is 0 Å². The number of aliphatic hydroxyl groups is 2. The van der Waals surface area contributed by atoms with Gasteiger partial charge in [0.2, 0.25) is 0 Å². The van der Waals surface area contributed by atoms with Crippen molar-refractivity contribution < 1.29 is 24.5 Å². The highest BCUT2D eigenvalue weighted by Gasteiger charge is 2.19. The van der Waals surface area contributed by atoms with Crippen LogP contribution in [0.4, 0.5) is 4.79 Å². The molecule has 34 heavy (non-hydrogen) atoms. The molecule has 0 saturated carbocycles. The first-order valence-corrected chi connectivity index (χ1v) is 14.8. The molecule has 0 rings (SSSR count). The van der Waals surface area contributed by atoms with Gasteiger partial charge in [0.05, 0.1) is 13.2 Å². The zero-order valence-electron chi connectivity index (χ0n) is 22.7. The van der Waals surface area contributed by atoms with Gasteiger partial charge in [0.15, 0.2) is 0 Å². The van der Waals surface area contributed by atoms with Crippen LogP contribution in [0.15, 0.2) is 0 Å². The Labute approximate surface area is 211 Å². The maximum atomic E-state index is 12.1. The molecule has 0 spiro atoms. The van der Waals surface area contributed by atoms with Crippen molar-refractivity contribution in [2.45, 2.75) is 167 Å². The summed E-state index contributed by atoms with van der Waals surface area (Å²) in [5.41, 5.74) is 0. The van der Waals surface area contributed by atoms with Crippen LogP contribution in [0.3, 0.4) is 0 Å². The minimum Gasteiger partial charge on any atom is -0.429 e. The van der Waals surface area contributed by atoms with Crippen LogP contribution in [-0.4, -0.2) is 41.8 Å². The Hall–Kier alpha value is -0.810. The molecule has 0 aromatic carbocycles. The van der Waals surface area contributed by atoms with E-state index in [9.17, 15) is 15.0 Å². The lowest BCUT2D eigenvalue weighted by atomic mass is 10.0. The standard InChI is InChI=1S/C29H58O5/c1-3-5-7-9-11-13-15-17-19-21-23-27(25-30)33-29(32)34-28(26-31)24-22-20-18-16-14-12-10-8-6-4-2/h27-28,30-31H,3-26H2,1-2H3. The molecule has 0 radical (unpaired) electrons. The molecule has 5 nitrogen and oxygen atoms in total. The smallest absolute Gasteiger partial charge is 0.429 e. The van der Waals surface area contributed by atoms with E-state index in [2.05, 4.69) is 13.8 Å². The molecule has 0 fully saturated rings. The summed E-state index contributed by atoms with van der Waals surface area (Å²) in [6.45, 7) is 4.12. The van der Waals surface area contributed by atoms with Crippen LogP contribution in [0.25, 0.3) is 0 Å². The summed E-state index contributed by atoms with van der Waals surface area (Å²) in [6, 6.07) is 0. The van der Waals surface area contributed by atoms with Crippen molar-refractivity contribution in [3.63, 3.8) is 0 Å². The fraction of sp³-hybridized carbons (Fsp3) is 0.966. The van der Waals surface area contributed by atoms with Crippen LogP contribution < -0.4 is 0 Å². The summed E-state index contributed by atoms with van der Waals surface area (Å²) in [4.78, 5) is 12.1. The second-order valence-corrected chi connectivity index (χ2v) is 10.0. The number of hydrogen-bond acceptors (Lipinski definition) is 5. The monoisotopic (exact) mass is 486 g/mol. The Morgan fingerprint density at radius 2 is 0.765 bits per heavy atom. The van der Waals surface area contributed by atoms with Gasteiger partial charge in [-0.3, -0.25) is 0 Å². The molecule has 2 N–H and O–H groups in total. The van der Waals surface area contributed by atoms with E-state index in [1.807, 2.05) is 0 Å². The Morgan fingerprint density at radius 3 is 1.03 bits per heavy atom. The molecule has 0 aliphatic heterocycles. The molecule has 5 heteroatoms. The lowest BCUT2D eigenvalue weighted by Gasteiger charge is -2.19. The minimum atomic E-state index is -0.766. The highest BCUT2D eigenvalue weighted by atomic mass is 16.7. The normalized spacial score (nSPS) is 13.1. The number of aliphatic hydroxyl groups excluding tert-OH is 2. The second kappa shape index (κ2) is 26.8. The highest BCUT2D eigenvalue weighted by Crippen LogP contribution is 2.15. The van der Waals surface area contributed by atoms with Gasteiger partial charge < -0.3 is 19.7 Å². The Kier molecular flexibility index (Phi) is 26.2. The second-order valence-electron chi connectivity index (χ2n) is 10.0. The van der Waals surface area contributed by atoms with Crippen LogP contribution in [0, 0.1) is 0 Å². The number of carbonyl (C=O) groups excluding carboxylic acids is 1. The van der Waals surface area contributed by atoms with E-state index < -0.39 is 18.4 Å². The van der Waals surface area contributed by atoms with Crippen LogP contribution >= 0.6 is 0 Å². The Balaban J connectivity index is 3.73. The number of hydrogen-bond donors (Lipinski definition) is 2. The average Bonchev–Trinajstić information content (AvgIpc) is 2.84. The predicted octanol–water partition coefficient (Wildman–Crippen LogP) is 8.48. The van der Waals surface area contributed by atoms with Gasteiger partial charge in [-0.25, -0.2) is 4.79 Å². The third kappa shape index (κ3) is 23.0. The van der Waals surface area contributed by atoms with Crippen LogP contribution in [0.1, 0.15) is 155 Å². The highest BCUT2D eigenvalue weighted by molar-refractivity contribution is 5.60. The first kappa shape index (κ1) is 33.2. The molecule has 0 amide bonds. The number of unbranched alkanes of at least 4 members (excludes halogenated alkanes) is 18. The van der Waals surface area contributed by atoms with Gasteiger partial charge in [0.25, 0.3) is 0 Å². The molecule has 0 aromatic heterocycles. The summed E-state index contributed by atoms with van der Waals surface area (Å²) in [6.07, 6.45) is 24.5. The number of rotatable bonds is 26. The minimum absolute atomic E-state index is 0.186. The molecule has 0 bridgehead atoms. The zero-order chi connectivity index (χ0) is 25.1. The molecule has 2 unspecified atom stereocenters. The molecule has 0 heterocycles. The SMILES string of the molecule is CCCCCCCCCCCCC(CO)OC(=O)OC(CO)CCCCCCCCCCCC. The van der Waals surface area contributed by atoms with Gasteiger partial charge in [0.1, 0.15) is 12.2 Å². The fourth-order valence-electron chi connectivity index (χ4n) is 4.39. The quantitative estimate of drug-likeness (QED) is 0.0946. The molecule has 0 aromatic rings. The average molecular weight is 487 g/mol. The van der Waals surface area contributed by atoms with E-state index in [4.69, 9.17) is 9.47 Å². The molecule has 0 saturated heterocycles. The van der Waals surface area contributed by atoms with Gasteiger partial charge in [-0.1, -0.05) is 129 Å². The van der Waals surface area contributed by atoms with Gasteiger partial charge in [-0.05, 0) is 25.7 Å². The van der Waals surface area contributed by atoms with Crippen LogP contribution in [0.5, 0.6) is 0 Å². The van der Waals surface area contributed by atoms with Crippen molar-refractivity contribution in [1.82, 2.24) is 0 Å². The molecule has 0 aliphatic rings. The summed E-state index contributed by atoms with van der Waals surface area (Å²) in [7, 11) is 0. The Morgan fingerprint density at radius 1 is 0.500 bits per heavy atom. The Bertz CT molecular complexity index is 379. The maximum absolute atomic E-state index is 12.1. The summed E-state index contributed by atoms with van der Waals surface area (Å²) in [5.74, 6) is 0. The van der Waals surface area contributed by atoms with Gasteiger partial charge in [-0.2, -0.15) is 0 Å². The zero-order valence-corrected chi connectivity index (χ0v) is 22.7. The maximum Gasteiger partial charge on any atom is 0.508 e. The fourth-order valence-corrected chi connectivity index (χ4v) is 4.39. The van der Waals surface area contributed by atoms with E-state index in [1.165, 1.54) is 103 Å². The van der Waals surface area contributed by atoms with Crippen molar-refractivity contribution >= 4 is 6.16 Å². The molecule has 2 atom stereocenters. The topological polar surface area (TPSA) is 76.0 Å². The largest absolute Gasteiger partial charge is 0.508 e. The molecule has 204 valence electrons. The molecular weight excluding hydrogens is 428 g/mol. The number of ether oxygens (including phenoxy) is 2. The third-order valence-corrected chi connectivity index (χ3v) is 6.69. The molecular formula is C29H58O5. The van der Waals surface area contributed by atoms with E-state index in [-0.39, 0.29) is 13.2 Å². The summed E-state index contributed by atoms with van der Waals surface area (Å²) in [5, 5.41) is 19.1. The number of carbonyl (C=O) groups is 1. The summed E-state index contributed by atoms with van der Waals surface area (Å²) < 4.78 is 10.6.